The van der Waals surface area contributed by atoms with Crippen LogP contribution in [-0.4, -0.2) is 45.4 Å². The lowest BCUT2D eigenvalue weighted by Crippen LogP contribution is -2.53. The summed E-state index contributed by atoms with van der Waals surface area (Å²) in [5.41, 5.74) is 1.50. The zero-order valence-electron chi connectivity index (χ0n) is 17.9. The lowest BCUT2D eigenvalue weighted by molar-refractivity contribution is 0.240. The summed E-state index contributed by atoms with van der Waals surface area (Å²) in [5, 5.41) is 6.38. The number of hydrogen-bond acceptors (Lipinski definition) is 4. The lowest BCUT2D eigenvalue weighted by Gasteiger charge is -2.26. The van der Waals surface area contributed by atoms with Crippen LogP contribution in [0.4, 0.5) is 0 Å². The van der Waals surface area contributed by atoms with E-state index in [0.29, 0.717) is 25.6 Å². The average molecular weight is 526 g/mol. The molecule has 0 unspecified atom stereocenters. The number of nitrogens with one attached hydrogen (secondary N) is 3. The number of rotatable bonds is 9. The largest absolute Gasteiger partial charge is 0.491 e. The van der Waals surface area contributed by atoms with Gasteiger partial charge in [-0.1, -0.05) is 12.1 Å². The normalized spacial score (nSPS) is 12.5. The van der Waals surface area contributed by atoms with Crippen molar-refractivity contribution in [1.82, 2.24) is 15.4 Å². The number of nitrogens with zero attached hydrogens (tertiary/aromatic N) is 1. The minimum Gasteiger partial charge on any atom is -0.491 e. The smallest absolute Gasteiger partial charge is 0.209 e. The van der Waals surface area contributed by atoms with Crippen LogP contribution in [-0.2, 0) is 16.6 Å². The molecule has 0 saturated carbocycles. The molecule has 0 radical (unpaired) electrons. The minimum absolute atomic E-state index is 0. The lowest BCUT2D eigenvalue weighted by atomic mass is 10.1. The quantitative estimate of drug-likeness (QED) is 0.262. The number of aliphatic imine (C=N–C) groups is 1. The van der Waals surface area contributed by atoms with Crippen molar-refractivity contribution in [3.8, 4) is 5.75 Å². The van der Waals surface area contributed by atoms with Gasteiger partial charge in [-0.05, 0) is 53.2 Å². The molecule has 0 aliphatic carbocycles. The molecule has 0 aromatic heterocycles. The monoisotopic (exact) mass is 526 g/mol. The Morgan fingerprint density at radius 3 is 2.43 bits per heavy atom. The predicted octanol–water partition coefficient (Wildman–Crippen LogP) is 2.78. The molecule has 3 N–H and O–H groups in total. The molecule has 0 amide bonds. The van der Waals surface area contributed by atoms with Crippen molar-refractivity contribution < 1.29 is 13.2 Å². The summed E-state index contributed by atoms with van der Waals surface area (Å²) in [6, 6.07) is 6.08. The Balaban J connectivity index is 0.00000729. The van der Waals surface area contributed by atoms with E-state index in [1.807, 2.05) is 59.7 Å². The summed E-state index contributed by atoms with van der Waals surface area (Å²) in [5.74, 6) is 1.46. The van der Waals surface area contributed by atoms with E-state index in [4.69, 9.17) is 4.74 Å². The van der Waals surface area contributed by atoms with Gasteiger partial charge in [0.1, 0.15) is 5.75 Å². The van der Waals surface area contributed by atoms with E-state index < -0.39 is 15.6 Å². The maximum Gasteiger partial charge on any atom is 0.209 e. The fourth-order valence-corrected chi connectivity index (χ4v) is 3.58. The van der Waals surface area contributed by atoms with Gasteiger partial charge in [0, 0.05) is 24.2 Å². The van der Waals surface area contributed by atoms with Gasteiger partial charge in [0.05, 0.1) is 18.9 Å². The molecule has 0 bridgehead atoms. The van der Waals surface area contributed by atoms with Gasteiger partial charge in [-0.25, -0.2) is 18.1 Å². The third-order valence-corrected chi connectivity index (χ3v) is 4.42. The molecule has 0 aliphatic rings. The first kappa shape index (κ1) is 26.9. The average Bonchev–Trinajstić information content (AvgIpc) is 2.48. The topological polar surface area (TPSA) is 91.8 Å². The number of aryl methyl sites for hydroxylation is 1. The van der Waals surface area contributed by atoms with Gasteiger partial charge in [0.25, 0.3) is 0 Å². The van der Waals surface area contributed by atoms with Crippen LogP contribution in [0.5, 0.6) is 5.75 Å². The molecule has 1 rings (SSSR count). The summed E-state index contributed by atoms with van der Waals surface area (Å²) in [4.78, 5) is 4.62. The van der Waals surface area contributed by atoms with Crippen LogP contribution >= 0.6 is 24.0 Å². The van der Waals surface area contributed by atoms with Crippen molar-refractivity contribution in [2.45, 2.75) is 59.7 Å². The van der Waals surface area contributed by atoms with Crippen molar-refractivity contribution >= 4 is 40.0 Å². The highest BCUT2D eigenvalue weighted by atomic mass is 127. The summed E-state index contributed by atoms with van der Waals surface area (Å²) >= 11 is 0. The molecule has 0 spiro atoms. The number of halogens is 1. The fourth-order valence-electron chi connectivity index (χ4n) is 2.50. The van der Waals surface area contributed by atoms with Crippen LogP contribution in [0.25, 0.3) is 0 Å². The number of guanidine groups is 1. The Morgan fingerprint density at radius 1 is 1.25 bits per heavy atom. The molecule has 0 atom stereocenters. The molecule has 0 heterocycles. The van der Waals surface area contributed by atoms with Crippen molar-refractivity contribution in [2.75, 3.05) is 19.3 Å². The molecular weight excluding hydrogens is 491 g/mol. The van der Waals surface area contributed by atoms with Crippen LogP contribution < -0.4 is 20.1 Å². The third-order valence-electron chi connectivity index (χ3n) is 3.50. The van der Waals surface area contributed by atoms with Crippen molar-refractivity contribution in [2.24, 2.45) is 4.99 Å². The third kappa shape index (κ3) is 11.1. The van der Waals surface area contributed by atoms with Gasteiger partial charge in [-0.2, -0.15) is 0 Å². The second kappa shape index (κ2) is 11.8. The zero-order valence-corrected chi connectivity index (χ0v) is 21.1. The van der Waals surface area contributed by atoms with Crippen LogP contribution in [0.1, 0.15) is 45.7 Å². The Kier molecular flexibility index (Phi) is 11.4. The Morgan fingerprint density at radius 2 is 1.89 bits per heavy atom. The van der Waals surface area contributed by atoms with Gasteiger partial charge in [-0.3, -0.25) is 0 Å². The van der Waals surface area contributed by atoms with Crippen molar-refractivity contribution in [3.63, 3.8) is 0 Å². The van der Waals surface area contributed by atoms with E-state index in [1.165, 1.54) is 0 Å². The van der Waals surface area contributed by atoms with Crippen LogP contribution in [0, 0.1) is 6.92 Å². The number of ether oxygens (including phenoxy) is 1. The van der Waals surface area contributed by atoms with E-state index in [1.54, 1.807) is 0 Å². The summed E-state index contributed by atoms with van der Waals surface area (Å²) < 4.78 is 31.5. The van der Waals surface area contributed by atoms with E-state index in [0.717, 1.165) is 23.1 Å². The van der Waals surface area contributed by atoms with Crippen molar-refractivity contribution in [3.05, 3.63) is 29.3 Å². The molecule has 1 aromatic rings. The van der Waals surface area contributed by atoms with E-state index in [9.17, 15) is 8.42 Å². The predicted molar refractivity (Wildman–Crippen MR) is 127 cm³/mol. The molecule has 7 nitrogen and oxygen atoms in total. The van der Waals surface area contributed by atoms with Gasteiger partial charge in [0.15, 0.2) is 5.96 Å². The Bertz CT molecular complexity index is 750. The molecule has 1 aromatic carbocycles. The standard InChI is InChI=1S/C19H34N4O3S.HI/c1-8-20-18(22-13-19(5,6)23-27(7,24)25)21-12-16-10-9-15(4)11-17(16)26-14(2)3;/h9-11,14,23H,8,12-13H2,1-7H3,(H2,20,21,22);1H. The SMILES string of the molecule is CCNC(=NCc1ccc(C)cc1OC(C)C)NCC(C)(C)NS(C)(=O)=O.I. The van der Waals surface area contributed by atoms with Crippen LogP contribution in [0.3, 0.4) is 0 Å². The highest BCUT2D eigenvalue weighted by Gasteiger charge is 2.22. The Labute approximate surface area is 187 Å². The minimum atomic E-state index is -3.29. The first-order chi connectivity index (χ1) is 12.4. The van der Waals surface area contributed by atoms with Crippen LogP contribution in [0.2, 0.25) is 0 Å². The highest BCUT2D eigenvalue weighted by molar-refractivity contribution is 14.0. The van der Waals surface area contributed by atoms with E-state index in [2.05, 4.69) is 20.3 Å². The maximum atomic E-state index is 11.5. The maximum absolute atomic E-state index is 11.5. The number of sulfonamides is 1. The van der Waals surface area contributed by atoms with Crippen molar-refractivity contribution in [1.29, 1.82) is 0 Å². The first-order valence-corrected chi connectivity index (χ1v) is 11.1. The molecule has 9 heteroatoms. The second-order valence-electron chi connectivity index (χ2n) is 7.58. The number of benzene rings is 1. The summed E-state index contributed by atoms with van der Waals surface area (Å²) in [6.07, 6.45) is 1.24. The van der Waals surface area contributed by atoms with Gasteiger partial charge in [-0.15, -0.1) is 24.0 Å². The fraction of sp³-hybridized carbons (Fsp3) is 0.632. The summed E-state index contributed by atoms with van der Waals surface area (Å²) in [7, 11) is -3.29. The number of hydrogen-bond donors (Lipinski definition) is 3. The molecule has 0 aliphatic heterocycles. The summed E-state index contributed by atoms with van der Waals surface area (Å²) in [6.45, 7) is 13.2. The van der Waals surface area contributed by atoms with E-state index >= 15 is 0 Å². The second-order valence-corrected chi connectivity index (χ2v) is 9.33. The molecule has 0 saturated heterocycles. The van der Waals surface area contributed by atoms with Gasteiger partial charge >= 0.3 is 0 Å². The molecular formula is C19H35IN4O3S. The van der Waals surface area contributed by atoms with E-state index in [-0.39, 0.29) is 30.1 Å². The molecule has 28 heavy (non-hydrogen) atoms. The Hall–Kier alpha value is -1.07. The molecule has 0 fully saturated rings. The van der Waals surface area contributed by atoms with Gasteiger partial charge < -0.3 is 15.4 Å². The van der Waals surface area contributed by atoms with Gasteiger partial charge in [0.2, 0.25) is 10.0 Å². The highest BCUT2D eigenvalue weighted by Crippen LogP contribution is 2.22. The zero-order chi connectivity index (χ0) is 20.7. The molecule has 162 valence electrons. The first-order valence-electron chi connectivity index (χ1n) is 9.19. The van der Waals surface area contributed by atoms with Crippen LogP contribution in [0.15, 0.2) is 23.2 Å².